The molecule has 2 aliphatic rings. The van der Waals surface area contributed by atoms with Gasteiger partial charge in [-0.2, -0.15) is 8.42 Å². The molecule has 3 unspecified atom stereocenters. The molecule has 5 atom stereocenters. The van der Waals surface area contributed by atoms with Crippen LogP contribution in [-0.2, 0) is 23.9 Å². The van der Waals surface area contributed by atoms with Gasteiger partial charge in [0.2, 0.25) is 0 Å². The molecule has 7 nitrogen and oxygen atoms in total. The van der Waals surface area contributed by atoms with E-state index in [1.807, 2.05) is 13.8 Å². The van der Waals surface area contributed by atoms with Gasteiger partial charge in [-0.25, -0.2) is 0 Å². The Hall–Kier alpha value is -1.71. The highest BCUT2D eigenvalue weighted by Crippen LogP contribution is 2.33. The van der Waals surface area contributed by atoms with Gasteiger partial charge in [0, 0.05) is 0 Å². The molecular formula is C22H33BNO6S. The molecule has 2 aliphatic carbocycles. The van der Waals surface area contributed by atoms with Crippen molar-refractivity contribution < 1.29 is 27.3 Å². The van der Waals surface area contributed by atoms with E-state index < -0.39 is 22.1 Å². The monoisotopic (exact) mass is 450 g/mol. The van der Waals surface area contributed by atoms with Crippen molar-refractivity contribution in [1.82, 2.24) is 5.23 Å². The smallest absolute Gasteiger partial charge is 0.319 e. The molecule has 3 rings (SSSR count). The number of aliphatic carboxylic acids is 1. The van der Waals surface area contributed by atoms with Crippen LogP contribution in [0.15, 0.2) is 29.2 Å². The van der Waals surface area contributed by atoms with Gasteiger partial charge in [-0.15, -0.1) is 0 Å². The van der Waals surface area contributed by atoms with E-state index in [-0.39, 0.29) is 16.9 Å². The summed E-state index contributed by atoms with van der Waals surface area (Å²) < 4.78 is 29.4. The number of nitrogens with one attached hydrogen (secondary N) is 1. The summed E-state index contributed by atoms with van der Waals surface area (Å²) in [6.45, 7) is 6.04. The maximum Gasteiger partial charge on any atom is 0.319 e. The Balaban J connectivity index is 0.000000225. The molecule has 2 fully saturated rings. The molecule has 0 aromatic heterocycles. The molecule has 2 N–H and O–H groups in total. The predicted molar refractivity (Wildman–Crippen MR) is 120 cm³/mol. The van der Waals surface area contributed by atoms with Crippen LogP contribution in [-0.4, -0.2) is 45.2 Å². The predicted octanol–water partition coefficient (Wildman–Crippen LogP) is 3.16. The molecule has 0 heterocycles. The van der Waals surface area contributed by atoms with E-state index in [2.05, 4.69) is 12.2 Å². The number of hydrogen-bond acceptors (Lipinski definition) is 6. The van der Waals surface area contributed by atoms with E-state index in [1.54, 1.807) is 24.3 Å². The summed E-state index contributed by atoms with van der Waals surface area (Å²) in [6, 6.07) is 6.16. The van der Waals surface area contributed by atoms with Gasteiger partial charge in [-0.3, -0.25) is 8.98 Å². The van der Waals surface area contributed by atoms with Gasteiger partial charge in [0.25, 0.3) is 17.5 Å². The van der Waals surface area contributed by atoms with Gasteiger partial charge in [0.1, 0.15) is 0 Å². The van der Waals surface area contributed by atoms with Crippen molar-refractivity contribution in [2.75, 3.05) is 0 Å². The molecule has 1 aromatic rings. The zero-order valence-corrected chi connectivity index (χ0v) is 19.3. The molecule has 1 aromatic carbocycles. The highest BCUT2D eigenvalue weighted by atomic mass is 32.2. The average Bonchev–Trinajstić information content (AvgIpc) is 3.31. The maximum atomic E-state index is 12.0. The van der Waals surface area contributed by atoms with Gasteiger partial charge >= 0.3 is 5.97 Å². The average molecular weight is 450 g/mol. The van der Waals surface area contributed by atoms with Crippen LogP contribution in [0.25, 0.3) is 0 Å². The zero-order chi connectivity index (χ0) is 23.0. The summed E-state index contributed by atoms with van der Waals surface area (Å²) in [5, 5.41) is 11.6. The molecule has 171 valence electrons. The quantitative estimate of drug-likeness (QED) is 0.356. The first kappa shape index (κ1) is 25.6. The lowest BCUT2D eigenvalue weighted by molar-refractivity contribution is -0.140. The Morgan fingerprint density at radius 2 is 1.74 bits per heavy atom. The van der Waals surface area contributed by atoms with E-state index >= 15 is 0 Å². The summed E-state index contributed by atoms with van der Waals surface area (Å²) in [5.41, 5.74) is 1.04. The first-order valence-electron chi connectivity index (χ1n) is 10.9. The van der Waals surface area contributed by atoms with Crippen LogP contribution in [0.4, 0.5) is 0 Å². The van der Waals surface area contributed by atoms with E-state index in [0.717, 1.165) is 44.1 Å². The number of carboxylic acids is 1. The standard InChI is InChI=1S/C13H18O3S.C9H15BNO3/c1-10-6-8-12(9-7-10)17(14,15)16-13-5-3-4-11(13)2;1-6-3-2-4-7(6)8(9(13)14)11-10-5-12/h6-9,11,13H,3-5H2,1-2H3;5-8,11H,2-4H2,1H3,(H,13,14)/t11-,13-;/m1./s1. The van der Waals surface area contributed by atoms with Crippen LogP contribution < -0.4 is 5.23 Å². The third kappa shape index (κ3) is 7.44. The van der Waals surface area contributed by atoms with E-state index in [0.29, 0.717) is 18.0 Å². The molecule has 1 radical (unpaired) electrons. The normalized spacial score (nSPS) is 26.5. The summed E-state index contributed by atoms with van der Waals surface area (Å²) in [7, 11) is -2.42. The van der Waals surface area contributed by atoms with Crippen LogP contribution in [0.5, 0.6) is 0 Å². The van der Waals surface area contributed by atoms with Crippen molar-refractivity contribution in [3.63, 3.8) is 0 Å². The minimum absolute atomic E-state index is 0.142. The van der Waals surface area contributed by atoms with Crippen molar-refractivity contribution in [2.45, 2.75) is 76.3 Å². The minimum atomic E-state index is -3.59. The first-order valence-corrected chi connectivity index (χ1v) is 12.3. The third-order valence-corrected chi connectivity index (χ3v) is 7.66. The number of rotatable bonds is 8. The van der Waals surface area contributed by atoms with E-state index in [1.165, 1.54) is 7.41 Å². The number of carbonyl (C=O) groups excluding carboxylic acids is 1. The Morgan fingerprint density at radius 3 is 2.23 bits per heavy atom. The number of carboxylic acid groups (broad SMARTS) is 1. The zero-order valence-electron chi connectivity index (χ0n) is 18.5. The van der Waals surface area contributed by atoms with Crippen molar-refractivity contribution >= 4 is 29.7 Å². The Kier molecular flexibility index (Phi) is 9.71. The largest absolute Gasteiger partial charge is 0.480 e. The first-order chi connectivity index (χ1) is 14.7. The van der Waals surface area contributed by atoms with Crippen molar-refractivity contribution in [3.8, 4) is 0 Å². The summed E-state index contributed by atoms with van der Waals surface area (Å²) in [6.07, 6.45) is 6.46. The van der Waals surface area contributed by atoms with E-state index in [9.17, 15) is 18.0 Å². The molecule has 0 spiro atoms. The summed E-state index contributed by atoms with van der Waals surface area (Å²) in [4.78, 5) is 21.3. The second-order valence-electron chi connectivity index (χ2n) is 8.67. The Labute approximate surface area is 186 Å². The molecule has 2 saturated carbocycles. The number of carbonyl (C=O) groups is 2. The van der Waals surface area contributed by atoms with E-state index in [4.69, 9.17) is 9.29 Å². The van der Waals surface area contributed by atoms with Gasteiger partial charge in [0.15, 0.2) is 0 Å². The number of benzene rings is 1. The lowest BCUT2D eigenvalue weighted by Crippen LogP contribution is -2.46. The number of hydrogen-bond donors (Lipinski definition) is 2. The molecule has 0 saturated heterocycles. The molecule has 31 heavy (non-hydrogen) atoms. The highest BCUT2D eigenvalue weighted by Gasteiger charge is 2.34. The fraction of sp³-hybridized carbons (Fsp3) is 0.636. The maximum absolute atomic E-state index is 12.0. The second kappa shape index (κ2) is 11.8. The molecule has 9 heteroatoms. The Morgan fingerprint density at radius 1 is 1.13 bits per heavy atom. The lowest BCUT2D eigenvalue weighted by atomic mass is 9.86. The van der Waals surface area contributed by atoms with Crippen LogP contribution in [0, 0.1) is 24.7 Å². The van der Waals surface area contributed by atoms with Gasteiger partial charge < -0.3 is 15.1 Å². The van der Waals surface area contributed by atoms with Gasteiger partial charge in [-0.05, 0) is 56.1 Å². The second-order valence-corrected chi connectivity index (χ2v) is 10.2. The van der Waals surface area contributed by atoms with Crippen molar-refractivity contribution in [3.05, 3.63) is 29.8 Å². The van der Waals surface area contributed by atoms with Crippen LogP contribution >= 0.6 is 0 Å². The summed E-state index contributed by atoms with van der Waals surface area (Å²) >= 11 is 0. The molecular weight excluding hydrogens is 417 g/mol. The number of aryl methyl sites for hydroxylation is 1. The van der Waals surface area contributed by atoms with Crippen LogP contribution in [0.1, 0.15) is 57.9 Å². The summed E-state index contributed by atoms with van der Waals surface area (Å²) in [5.74, 6) is 0.0180. The lowest BCUT2D eigenvalue weighted by Gasteiger charge is -2.23. The fourth-order valence-electron chi connectivity index (χ4n) is 4.37. The van der Waals surface area contributed by atoms with Gasteiger partial charge in [-0.1, -0.05) is 50.8 Å². The van der Waals surface area contributed by atoms with Crippen LogP contribution in [0.3, 0.4) is 0 Å². The third-order valence-electron chi connectivity index (χ3n) is 6.31. The topological polar surface area (TPSA) is 110 Å². The fourth-order valence-corrected chi connectivity index (χ4v) is 5.56. The SMILES string of the molecule is CC1CCCC1C(N[B]C=O)C(=O)O.Cc1ccc(S(=O)(=O)O[C@@H]2CCC[C@H]2C)cc1. The molecule has 0 amide bonds. The highest BCUT2D eigenvalue weighted by molar-refractivity contribution is 7.86. The van der Waals surface area contributed by atoms with Crippen molar-refractivity contribution in [2.24, 2.45) is 17.8 Å². The van der Waals surface area contributed by atoms with Gasteiger partial charge in [0.05, 0.1) is 23.2 Å². The Bertz CT molecular complexity index is 829. The molecule has 0 bridgehead atoms. The molecule has 0 aliphatic heterocycles. The minimum Gasteiger partial charge on any atom is -0.480 e. The van der Waals surface area contributed by atoms with Crippen molar-refractivity contribution in [1.29, 1.82) is 0 Å². The van der Waals surface area contributed by atoms with Crippen LogP contribution in [0.2, 0.25) is 0 Å².